The molecule has 102 valence electrons. The fraction of sp³-hybridized carbons (Fsp3) is 0.429. The van der Waals surface area contributed by atoms with Crippen molar-refractivity contribution in [2.24, 2.45) is 0 Å². The first kappa shape index (κ1) is 13.5. The van der Waals surface area contributed by atoms with Gasteiger partial charge in [-0.15, -0.1) is 0 Å². The molecule has 0 radical (unpaired) electrons. The summed E-state index contributed by atoms with van der Waals surface area (Å²) in [5.74, 6) is -0.692. The van der Waals surface area contributed by atoms with Gasteiger partial charge in [0, 0.05) is 5.56 Å². The summed E-state index contributed by atoms with van der Waals surface area (Å²) in [6.45, 7) is 6.53. The Kier molecular flexibility index (Phi) is 2.90. The van der Waals surface area contributed by atoms with Gasteiger partial charge in [0.15, 0.2) is 5.60 Å². The van der Waals surface area contributed by atoms with Crippen molar-refractivity contribution in [1.29, 1.82) is 0 Å². The molecule has 1 aliphatic heterocycles. The van der Waals surface area contributed by atoms with E-state index in [4.69, 9.17) is 4.74 Å². The van der Waals surface area contributed by atoms with Crippen molar-refractivity contribution in [3.8, 4) is 0 Å². The molecule has 2 rings (SSSR count). The highest BCUT2D eigenvalue weighted by Crippen LogP contribution is 2.40. The van der Waals surface area contributed by atoms with Crippen molar-refractivity contribution in [2.45, 2.75) is 38.9 Å². The van der Waals surface area contributed by atoms with Crippen molar-refractivity contribution in [2.75, 3.05) is 4.90 Å². The summed E-state index contributed by atoms with van der Waals surface area (Å²) in [6, 6.07) is 6.64. The number of para-hydroxylation sites is 1. The first-order valence-corrected chi connectivity index (χ1v) is 6.04. The summed E-state index contributed by atoms with van der Waals surface area (Å²) < 4.78 is 5.20. The number of nitrogens with zero attached hydrogens (tertiary/aromatic N) is 1. The van der Waals surface area contributed by atoms with Gasteiger partial charge in [-0.3, -0.25) is 4.79 Å². The lowest BCUT2D eigenvalue weighted by atomic mass is 9.98. The fourth-order valence-electron chi connectivity index (χ4n) is 2.01. The molecule has 5 nitrogen and oxygen atoms in total. The number of anilines is 1. The summed E-state index contributed by atoms with van der Waals surface area (Å²) in [7, 11) is 0. The molecular formula is C14H17NO4. The molecule has 1 heterocycles. The third-order valence-electron chi connectivity index (χ3n) is 2.87. The van der Waals surface area contributed by atoms with Gasteiger partial charge >= 0.3 is 6.09 Å². The van der Waals surface area contributed by atoms with Crippen LogP contribution in [0.2, 0.25) is 0 Å². The van der Waals surface area contributed by atoms with Gasteiger partial charge in [-0.1, -0.05) is 18.2 Å². The highest BCUT2D eigenvalue weighted by atomic mass is 16.6. The maximum Gasteiger partial charge on any atom is 0.421 e. The van der Waals surface area contributed by atoms with Gasteiger partial charge < -0.3 is 9.84 Å². The fourth-order valence-corrected chi connectivity index (χ4v) is 2.01. The Morgan fingerprint density at radius 2 is 1.89 bits per heavy atom. The maximum absolute atomic E-state index is 12.2. The smallest absolute Gasteiger partial charge is 0.421 e. The summed E-state index contributed by atoms with van der Waals surface area (Å²) >= 11 is 0. The second kappa shape index (κ2) is 4.06. The molecule has 1 aromatic rings. The molecule has 0 bridgehead atoms. The molecule has 1 aromatic carbocycles. The van der Waals surface area contributed by atoms with Crippen LogP contribution in [0.1, 0.15) is 33.3 Å². The number of aliphatic hydroxyl groups is 1. The van der Waals surface area contributed by atoms with E-state index in [1.807, 2.05) is 0 Å². The van der Waals surface area contributed by atoms with Crippen LogP contribution in [-0.2, 0) is 15.1 Å². The molecule has 0 spiro atoms. The van der Waals surface area contributed by atoms with E-state index in [9.17, 15) is 14.7 Å². The minimum atomic E-state index is -1.70. The maximum atomic E-state index is 12.2. The number of hydrogen-bond donors (Lipinski definition) is 1. The van der Waals surface area contributed by atoms with Gasteiger partial charge in [-0.2, -0.15) is 0 Å². The molecule has 1 aliphatic rings. The molecule has 0 saturated heterocycles. The number of rotatable bonds is 0. The van der Waals surface area contributed by atoms with E-state index in [1.54, 1.807) is 45.0 Å². The van der Waals surface area contributed by atoms with Gasteiger partial charge in [0.25, 0.3) is 5.91 Å². The number of imide groups is 1. The number of benzene rings is 1. The Morgan fingerprint density at radius 1 is 1.32 bits per heavy atom. The summed E-state index contributed by atoms with van der Waals surface area (Å²) in [5.41, 5.74) is -1.63. The Labute approximate surface area is 111 Å². The van der Waals surface area contributed by atoms with Crippen LogP contribution in [0.5, 0.6) is 0 Å². The first-order valence-electron chi connectivity index (χ1n) is 6.04. The SMILES string of the molecule is CC(C)(C)OC(=O)N1C(=O)[C@](C)(O)c2ccccc21. The van der Waals surface area contributed by atoms with Crippen molar-refractivity contribution < 1.29 is 19.4 Å². The van der Waals surface area contributed by atoms with Crippen molar-refractivity contribution in [3.05, 3.63) is 29.8 Å². The van der Waals surface area contributed by atoms with E-state index in [0.29, 0.717) is 11.3 Å². The lowest BCUT2D eigenvalue weighted by Crippen LogP contribution is -2.44. The van der Waals surface area contributed by atoms with Crippen molar-refractivity contribution in [3.63, 3.8) is 0 Å². The van der Waals surface area contributed by atoms with E-state index in [0.717, 1.165) is 4.90 Å². The molecule has 0 saturated carbocycles. The van der Waals surface area contributed by atoms with Gasteiger partial charge in [0.05, 0.1) is 5.69 Å². The Hall–Kier alpha value is -1.88. The molecule has 0 aromatic heterocycles. The monoisotopic (exact) mass is 263 g/mol. The topological polar surface area (TPSA) is 66.8 Å². The van der Waals surface area contributed by atoms with Crippen LogP contribution in [0.4, 0.5) is 10.5 Å². The Balaban J connectivity index is 2.43. The zero-order valence-electron chi connectivity index (χ0n) is 11.4. The van der Waals surface area contributed by atoms with E-state index in [-0.39, 0.29) is 0 Å². The van der Waals surface area contributed by atoms with E-state index in [2.05, 4.69) is 0 Å². The molecular weight excluding hydrogens is 246 g/mol. The quantitative estimate of drug-likeness (QED) is 0.779. The molecule has 19 heavy (non-hydrogen) atoms. The molecule has 1 atom stereocenters. The van der Waals surface area contributed by atoms with Crippen LogP contribution < -0.4 is 4.90 Å². The van der Waals surface area contributed by atoms with E-state index < -0.39 is 23.2 Å². The second-order valence-corrected chi connectivity index (χ2v) is 5.71. The number of carbonyl (C=O) groups is 2. The Morgan fingerprint density at radius 3 is 2.47 bits per heavy atom. The average Bonchev–Trinajstić information content (AvgIpc) is 2.46. The van der Waals surface area contributed by atoms with Gasteiger partial charge in [-0.25, -0.2) is 9.69 Å². The zero-order chi connectivity index (χ0) is 14.4. The summed E-state index contributed by atoms with van der Waals surface area (Å²) in [4.78, 5) is 25.2. The molecule has 1 N–H and O–H groups in total. The van der Waals surface area contributed by atoms with Crippen molar-refractivity contribution in [1.82, 2.24) is 0 Å². The van der Waals surface area contributed by atoms with Crippen LogP contribution in [0.3, 0.4) is 0 Å². The number of fused-ring (bicyclic) bond motifs is 1. The first-order chi connectivity index (χ1) is 8.64. The minimum absolute atomic E-state index is 0.367. The third kappa shape index (κ3) is 2.21. The molecule has 0 aliphatic carbocycles. The number of ether oxygens (including phenoxy) is 1. The largest absolute Gasteiger partial charge is 0.443 e. The standard InChI is InChI=1S/C14H17NO4/c1-13(2,3)19-12(17)15-10-8-6-5-7-9(10)14(4,18)11(15)16/h5-8,18H,1-4H3/t14-/m1/s1. The lowest BCUT2D eigenvalue weighted by molar-refractivity contribution is -0.134. The average molecular weight is 263 g/mol. The third-order valence-corrected chi connectivity index (χ3v) is 2.87. The van der Waals surface area contributed by atoms with Crippen LogP contribution in [0.15, 0.2) is 24.3 Å². The summed E-state index contributed by atoms with van der Waals surface area (Å²) in [5, 5.41) is 10.2. The highest BCUT2D eigenvalue weighted by molar-refractivity contribution is 6.20. The van der Waals surface area contributed by atoms with Gasteiger partial charge in [-0.05, 0) is 33.8 Å². The zero-order valence-corrected chi connectivity index (χ0v) is 11.4. The predicted octanol–water partition coefficient (Wildman–Crippen LogP) is 2.18. The number of hydrogen-bond acceptors (Lipinski definition) is 4. The molecule has 0 fully saturated rings. The summed E-state index contributed by atoms with van der Waals surface area (Å²) in [6.07, 6.45) is -0.775. The van der Waals surface area contributed by atoms with Crippen LogP contribution in [0.25, 0.3) is 0 Å². The minimum Gasteiger partial charge on any atom is -0.443 e. The normalized spacial score (nSPS) is 22.4. The van der Waals surface area contributed by atoms with E-state index in [1.165, 1.54) is 6.92 Å². The van der Waals surface area contributed by atoms with Crippen LogP contribution in [0, 0.1) is 0 Å². The highest BCUT2D eigenvalue weighted by Gasteiger charge is 2.49. The molecule has 0 unspecified atom stereocenters. The van der Waals surface area contributed by atoms with E-state index >= 15 is 0 Å². The second-order valence-electron chi connectivity index (χ2n) is 5.71. The van der Waals surface area contributed by atoms with Crippen molar-refractivity contribution >= 4 is 17.7 Å². The van der Waals surface area contributed by atoms with Crippen LogP contribution >= 0.6 is 0 Å². The van der Waals surface area contributed by atoms with Crippen LogP contribution in [-0.4, -0.2) is 22.7 Å². The number of carbonyl (C=O) groups excluding carboxylic acids is 2. The van der Waals surface area contributed by atoms with Gasteiger partial charge in [0.2, 0.25) is 0 Å². The molecule has 2 amide bonds. The molecule has 5 heteroatoms. The lowest BCUT2D eigenvalue weighted by Gasteiger charge is -2.24. The number of amides is 2. The Bertz CT molecular complexity index is 543. The van der Waals surface area contributed by atoms with Gasteiger partial charge in [0.1, 0.15) is 5.60 Å². The predicted molar refractivity (Wildman–Crippen MR) is 69.7 cm³/mol.